The van der Waals surface area contributed by atoms with Crippen molar-refractivity contribution >= 4 is 58.5 Å². The van der Waals surface area contributed by atoms with E-state index in [1.54, 1.807) is 6.07 Å². The van der Waals surface area contributed by atoms with Crippen LogP contribution in [0.1, 0.15) is 61.9 Å². The first-order chi connectivity index (χ1) is 19.5. The lowest BCUT2D eigenvalue weighted by Crippen LogP contribution is -2.41. The largest absolute Gasteiger partial charge is 0.481 e. The van der Waals surface area contributed by atoms with E-state index in [0.29, 0.717) is 5.02 Å². The number of nitrogens with one attached hydrogen (secondary N) is 3. The van der Waals surface area contributed by atoms with E-state index in [1.165, 1.54) is 17.7 Å². The molecule has 1 aliphatic carbocycles. The molecule has 11 heteroatoms. The van der Waals surface area contributed by atoms with Crippen LogP contribution in [0, 0.1) is 12.8 Å². The molecule has 0 aromatic heterocycles. The van der Waals surface area contributed by atoms with Crippen molar-refractivity contribution in [2.24, 2.45) is 5.92 Å². The molecule has 3 aromatic carbocycles. The van der Waals surface area contributed by atoms with E-state index in [1.807, 2.05) is 43.3 Å². The topological polar surface area (TPSA) is 125 Å². The summed E-state index contributed by atoms with van der Waals surface area (Å²) in [5.41, 5.74) is 3.96. The normalized spacial score (nSPS) is 14.6. The second kappa shape index (κ2) is 13.4. The van der Waals surface area contributed by atoms with Crippen LogP contribution in [0.2, 0.25) is 15.1 Å². The van der Waals surface area contributed by atoms with Crippen molar-refractivity contribution in [2.75, 3.05) is 6.54 Å². The van der Waals surface area contributed by atoms with Gasteiger partial charge in [-0.15, -0.1) is 0 Å². The maximum atomic E-state index is 13.0. The van der Waals surface area contributed by atoms with Crippen molar-refractivity contribution in [1.29, 1.82) is 0 Å². The summed E-state index contributed by atoms with van der Waals surface area (Å²) in [5, 5.41) is 18.3. The van der Waals surface area contributed by atoms with Gasteiger partial charge in [0, 0.05) is 30.1 Å². The SMILES string of the molecule is Cc1ccc(CNC(=O)c2cc(Cl)c(C(=O)CC(CNC(=O)NC3CCc4ccccc43)C(=O)O)c(Cl)c2)cc1Cl. The number of hydrogen-bond donors (Lipinski definition) is 4. The fourth-order valence-corrected chi connectivity index (χ4v) is 5.61. The number of aliphatic carboxylic acids is 1. The highest BCUT2D eigenvalue weighted by Gasteiger charge is 2.28. The summed E-state index contributed by atoms with van der Waals surface area (Å²) in [6, 6.07) is 15.2. The maximum Gasteiger partial charge on any atom is 0.315 e. The number of fused-ring (bicyclic) bond motifs is 1. The van der Waals surface area contributed by atoms with E-state index in [0.717, 1.165) is 29.5 Å². The van der Waals surface area contributed by atoms with Crippen LogP contribution < -0.4 is 16.0 Å². The summed E-state index contributed by atoms with van der Waals surface area (Å²) >= 11 is 18.8. The van der Waals surface area contributed by atoms with Crippen LogP contribution in [0.25, 0.3) is 0 Å². The van der Waals surface area contributed by atoms with E-state index in [9.17, 15) is 24.3 Å². The lowest BCUT2D eigenvalue weighted by molar-refractivity contribution is -0.141. The lowest BCUT2D eigenvalue weighted by atomic mass is 9.97. The first-order valence-electron chi connectivity index (χ1n) is 12.9. The summed E-state index contributed by atoms with van der Waals surface area (Å²) in [6.45, 7) is 1.81. The van der Waals surface area contributed by atoms with Crippen LogP contribution in [0.15, 0.2) is 54.6 Å². The van der Waals surface area contributed by atoms with Gasteiger partial charge in [-0.2, -0.15) is 0 Å². The fourth-order valence-electron chi connectivity index (χ4n) is 4.71. The molecule has 214 valence electrons. The van der Waals surface area contributed by atoms with Crippen LogP contribution in [-0.2, 0) is 17.8 Å². The van der Waals surface area contributed by atoms with Gasteiger partial charge in [-0.05, 0) is 60.2 Å². The van der Waals surface area contributed by atoms with Gasteiger partial charge in [-0.1, -0.05) is 71.2 Å². The van der Waals surface area contributed by atoms with Gasteiger partial charge < -0.3 is 21.1 Å². The molecule has 4 rings (SSSR count). The summed E-state index contributed by atoms with van der Waals surface area (Å²) in [5.74, 6) is -3.57. The summed E-state index contributed by atoms with van der Waals surface area (Å²) < 4.78 is 0. The van der Waals surface area contributed by atoms with Gasteiger partial charge in [0.2, 0.25) is 0 Å². The molecule has 0 fully saturated rings. The average Bonchev–Trinajstić information content (AvgIpc) is 3.33. The van der Waals surface area contributed by atoms with E-state index >= 15 is 0 Å². The summed E-state index contributed by atoms with van der Waals surface area (Å²) in [7, 11) is 0. The van der Waals surface area contributed by atoms with Crippen molar-refractivity contribution in [3.8, 4) is 0 Å². The first kappa shape index (κ1) is 30.4. The van der Waals surface area contributed by atoms with Gasteiger partial charge >= 0.3 is 12.0 Å². The number of carboxylic acids is 1. The molecule has 3 aromatic rings. The van der Waals surface area contributed by atoms with Crippen LogP contribution in [-0.4, -0.2) is 35.3 Å². The molecule has 4 N–H and O–H groups in total. The Morgan fingerprint density at radius 2 is 1.66 bits per heavy atom. The highest BCUT2D eigenvalue weighted by atomic mass is 35.5. The molecular formula is C30H28Cl3N3O5. The van der Waals surface area contributed by atoms with E-state index < -0.39 is 36.0 Å². The van der Waals surface area contributed by atoms with Crippen molar-refractivity contribution in [1.82, 2.24) is 16.0 Å². The van der Waals surface area contributed by atoms with Gasteiger partial charge in [0.15, 0.2) is 5.78 Å². The second-order valence-electron chi connectivity index (χ2n) is 9.89. The first-order valence-corrected chi connectivity index (χ1v) is 14.1. The number of ketones is 1. The average molecular weight is 617 g/mol. The highest BCUT2D eigenvalue weighted by molar-refractivity contribution is 6.40. The molecule has 2 unspecified atom stereocenters. The van der Waals surface area contributed by atoms with Crippen molar-refractivity contribution in [3.63, 3.8) is 0 Å². The summed E-state index contributed by atoms with van der Waals surface area (Å²) in [4.78, 5) is 50.1. The molecule has 41 heavy (non-hydrogen) atoms. The van der Waals surface area contributed by atoms with E-state index in [2.05, 4.69) is 16.0 Å². The molecule has 0 saturated carbocycles. The molecule has 0 spiro atoms. The Morgan fingerprint density at radius 3 is 2.34 bits per heavy atom. The zero-order valence-corrected chi connectivity index (χ0v) is 24.4. The van der Waals surface area contributed by atoms with Gasteiger partial charge in [0.05, 0.1) is 27.6 Å². The predicted octanol–water partition coefficient (Wildman–Crippen LogP) is 6.15. The van der Waals surface area contributed by atoms with E-state index in [4.69, 9.17) is 34.8 Å². The van der Waals surface area contributed by atoms with Crippen LogP contribution >= 0.6 is 34.8 Å². The number of carboxylic acid groups (broad SMARTS) is 1. The molecule has 0 aliphatic heterocycles. The Hall–Kier alpha value is -3.59. The number of carbonyl (C=O) groups excluding carboxylic acids is 3. The molecular weight excluding hydrogens is 589 g/mol. The zero-order chi connectivity index (χ0) is 29.7. The number of halogens is 3. The number of aryl methyl sites for hydroxylation is 2. The Balaban J connectivity index is 1.35. The second-order valence-corrected chi connectivity index (χ2v) is 11.1. The zero-order valence-electron chi connectivity index (χ0n) is 22.1. The minimum atomic E-state index is -1.26. The third kappa shape index (κ3) is 7.58. The third-order valence-electron chi connectivity index (χ3n) is 7.00. The quantitative estimate of drug-likeness (QED) is 0.204. The maximum absolute atomic E-state index is 13.0. The Labute approximate surface area is 252 Å². The summed E-state index contributed by atoms with van der Waals surface area (Å²) in [6.07, 6.45) is 1.14. The fraction of sp³-hybridized carbons (Fsp3) is 0.267. The number of rotatable bonds is 10. The van der Waals surface area contributed by atoms with Crippen LogP contribution in [0.5, 0.6) is 0 Å². The molecule has 1 aliphatic rings. The lowest BCUT2D eigenvalue weighted by Gasteiger charge is -2.17. The Bertz CT molecular complexity index is 1490. The van der Waals surface area contributed by atoms with Gasteiger partial charge in [0.1, 0.15) is 0 Å². The number of amides is 3. The minimum Gasteiger partial charge on any atom is -0.481 e. The minimum absolute atomic E-state index is 0.0826. The van der Waals surface area contributed by atoms with Crippen LogP contribution in [0.3, 0.4) is 0 Å². The Morgan fingerprint density at radius 1 is 0.951 bits per heavy atom. The molecule has 2 atom stereocenters. The van der Waals surface area contributed by atoms with Crippen molar-refractivity contribution in [3.05, 3.63) is 103 Å². The standard InChI is InChI=1S/C30H28Cl3N3O5/c1-16-6-7-17(10-22(16)31)14-34-28(38)19-11-23(32)27(24(33)12-19)26(37)13-20(29(39)40)15-35-30(41)36-25-9-8-18-4-2-3-5-21(18)25/h2-7,10-12,20,25H,8-9,13-15H2,1H3,(H,34,38)(H,39,40)(H2,35,36,41). The molecule has 0 radical (unpaired) electrons. The van der Waals surface area contributed by atoms with Crippen LogP contribution in [0.4, 0.5) is 4.79 Å². The predicted molar refractivity (Wildman–Crippen MR) is 158 cm³/mol. The number of urea groups is 1. The monoisotopic (exact) mass is 615 g/mol. The van der Waals surface area contributed by atoms with Crippen molar-refractivity contribution < 1.29 is 24.3 Å². The number of Topliss-reactive ketones (excluding diaryl/α,β-unsaturated/α-hetero) is 1. The van der Waals surface area contributed by atoms with Gasteiger partial charge in [0.25, 0.3) is 5.91 Å². The van der Waals surface area contributed by atoms with Gasteiger partial charge in [-0.25, -0.2) is 4.79 Å². The third-order valence-corrected chi connectivity index (χ3v) is 8.00. The molecule has 0 heterocycles. The molecule has 8 nitrogen and oxygen atoms in total. The Kier molecular flexibility index (Phi) is 9.91. The van der Waals surface area contributed by atoms with E-state index in [-0.39, 0.29) is 40.3 Å². The van der Waals surface area contributed by atoms with Crippen molar-refractivity contribution in [2.45, 2.75) is 38.8 Å². The highest BCUT2D eigenvalue weighted by Crippen LogP contribution is 2.31. The number of hydrogen-bond acceptors (Lipinski definition) is 4. The smallest absolute Gasteiger partial charge is 0.315 e. The number of carbonyl (C=O) groups is 4. The van der Waals surface area contributed by atoms with Gasteiger partial charge in [-0.3, -0.25) is 14.4 Å². The molecule has 3 amide bonds. The number of benzene rings is 3. The molecule has 0 saturated heterocycles. The molecule has 0 bridgehead atoms.